The Bertz CT molecular complexity index is 123. The Hall–Kier alpha value is -0.790. The van der Waals surface area contributed by atoms with Gasteiger partial charge in [0.25, 0.3) is 0 Å². The second-order valence-corrected chi connectivity index (χ2v) is 2.19. The Labute approximate surface area is 55.7 Å². The summed E-state index contributed by atoms with van der Waals surface area (Å²) in [5, 5.41) is 0. The minimum absolute atomic E-state index is 0.215. The Morgan fingerprint density at radius 2 is 2.11 bits per heavy atom. The van der Waals surface area contributed by atoms with E-state index in [1.54, 1.807) is 6.92 Å². The summed E-state index contributed by atoms with van der Waals surface area (Å²) in [4.78, 5) is 10.4. The predicted molar refractivity (Wildman–Crippen MR) is 37.9 cm³/mol. The van der Waals surface area contributed by atoms with Crippen LogP contribution in [-0.4, -0.2) is 5.78 Å². The third-order valence-corrected chi connectivity index (χ3v) is 0.963. The van der Waals surface area contributed by atoms with Gasteiger partial charge in [-0.2, -0.15) is 0 Å². The minimum Gasteiger partial charge on any atom is -0.403 e. The van der Waals surface area contributed by atoms with Gasteiger partial charge in [-0.25, -0.2) is 0 Å². The lowest BCUT2D eigenvalue weighted by atomic mass is 10.2. The highest BCUT2D eigenvalue weighted by molar-refractivity contribution is 5.75. The lowest BCUT2D eigenvalue weighted by molar-refractivity contribution is -0.116. The van der Waals surface area contributed by atoms with E-state index in [-0.39, 0.29) is 5.78 Å². The number of hydrogen-bond donors (Lipinski definition) is 1. The Morgan fingerprint density at radius 3 is 2.44 bits per heavy atom. The fraction of sp³-hybridized carbons (Fsp3) is 0.571. The summed E-state index contributed by atoms with van der Waals surface area (Å²) in [6.07, 6.45) is 3.24. The van der Waals surface area contributed by atoms with Crippen molar-refractivity contribution in [3.8, 4) is 0 Å². The van der Waals surface area contributed by atoms with E-state index in [1.165, 1.54) is 0 Å². The molecule has 0 aromatic rings. The standard InChI is InChI=1S/C7H13NO/c1-6(8)4-3-5-7(2)9/h4H,3,5,8H2,1-2H3. The first-order chi connectivity index (χ1) is 4.13. The molecule has 2 heteroatoms. The summed E-state index contributed by atoms with van der Waals surface area (Å²) in [6.45, 7) is 3.40. The first-order valence-electron chi connectivity index (χ1n) is 3.04. The van der Waals surface area contributed by atoms with Gasteiger partial charge in [-0.15, -0.1) is 0 Å². The molecule has 0 radical (unpaired) electrons. The molecule has 9 heavy (non-hydrogen) atoms. The van der Waals surface area contributed by atoms with E-state index in [9.17, 15) is 4.79 Å². The summed E-state index contributed by atoms with van der Waals surface area (Å²) in [5.41, 5.74) is 6.12. The van der Waals surface area contributed by atoms with Crippen LogP contribution in [0.25, 0.3) is 0 Å². The number of allylic oxidation sites excluding steroid dienone is 2. The fourth-order valence-corrected chi connectivity index (χ4v) is 0.503. The fourth-order valence-electron chi connectivity index (χ4n) is 0.503. The van der Waals surface area contributed by atoms with E-state index in [2.05, 4.69) is 0 Å². The first kappa shape index (κ1) is 8.21. The molecule has 0 saturated heterocycles. The van der Waals surface area contributed by atoms with E-state index in [4.69, 9.17) is 5.73 Å². The molecule has 0 aliphatic carbocycles. The molecular formula is C7H13NO. The Kier molecular flexibility index (Phi) is 3.76. The van der Waals surface area contributed by atoms with Crippen LogP contribution in [0.1, 0.15) is 26.7 Å². The van der Waals surface area contributed by atoms with E-state index in [0.29, 0.717) is 6.42 Å². The van der Waals surface area contributed by atoms with Crippen molar-refractivity contribution < 1.29 is 4.79 Å². The van der Waals surface area contributed by atoms with Crippen LogP contribution in [0.3, 0.4) is 0 Å². The summed E-state index contributed by atoms with van der Waals surface area (Å²) >= 11 is 0. The molecule has 0 aromatic heterocycles. The maximum absolute atomic E-state index is 10.4. The molecule has 0 aliphatic rings. The van der Waals surface area contributed by atoms with Gasteiger partial charge in [-0.1, -0.05) is 6.08 Å². The molecule has 0 amide bonds. The van der Waals surface area contributed by atoms with Crippen molar-refractivity contribution in [2.24, 2.45) is 5.73 Å². The van der Waals surface area contributed by atoms with Crippen molar-refractivity contribution in [1.29, 1.82) is 0 Å². The molecule has 0 saturated carbocycles. The summed E-state index contributed by atoms with van der Waals surface area (Å²) in [6, 6.07) is 0. The number of Topliss-reactive ketones (excluding diaryl/α,β-unsaturated/α-hetero) is 1. The van der Waals surface area contributed by atoms with Crippen LogP contribution in [0.4, 0.5) is 0 Å². The van der Waals surface area contributed by atoms with Crippen LogP contribution in [0.15, 0.2) is 11.8 Å². The molecule has 52 valence electrons. The molecule has 0 aliphatic heterocycles. The summed E-state index contributed by atoms with van der Waals surface area (Å²) in [7, 11) is 0. The van der Waals surface area contributed by atoms with E-state index in [0.717, 1.165) is 12.1 Å². The number of carbonyl (C=O) groups is 1. The number of carbonyl (C=O) groups excluding carboxylic acids is 1. The number of ketones is 1. The van der Waals surface area contributed by atoms with Crippen molar-refractivity contribution in [3.05, 3.63) is 11.8 Å². The summed E-state index contributed by atoms with van der Waals surface area (Å²) < 4.78 is 0. The number of nitrogens with two attached hydrogens (primary N) is 1. The molecule has 0 unspecified atom stereocenters. The molecular weight excluding hydrogens is 114 g/mol. The van der Waals surface area contributed by atoms with Gasteiger partial charge in [0.15, 0.2) is 0 Å². The quantitative estimate of drug-likeness (QED) is 0.619. The first-order valence-corrected chi connectivity index (χ1v) is 3.04. The maximum Gasteiger partial charge on any atom is 0.130 e. The van der Waals surface area contributed by atoms with Crippen LogP contribution in [0.5, 0.6) is 0 Å². The lowest BCUT2D eigenvalue weighted by Crippen LogP contribution is -1.92. The molecule has 0 aromatic carbocycles. The van der Waals surface area contributed by atoms with Crippen molar-refractivity contribution >= 4 is 5.78 Å². The van der Waals surface area contributed by atoms with Crippen molar-refractivity contribution in [1.82, 2.24) is 0 Å². The van der Waals surface area contributed by atoms with Gasteiger partial charge in [0.05, 0.1) is 0 Å². The third kappa shape index (κ3) is 7.21. The van der Waals surface area contributed by atoms with Gasteiger partial charge in [0, 0.05) is 12.1 Å². The molecule has 0 bridgehead atoms. The van der Waals surface area contributed by atoms with Crippen LogP contribution < -0.4 is 5.73 Å². The Balaban J connectivity index is 3.31. The highest BCUT2D eigenvalue weighted by Crippen LogP contribution is 1.93. The average molecular weight is 127 g/mol. The molecule has 0 spiro atoms. The van der Waals surface area contributed by atoms with Crippen LogP contribution in [0.2, 0.25) is 0 Å². The highest BCUT2D eigenvalue weighted by atomic mass is 16.1. The Morgan fingerprint density at radius 1 is 1.56 bits per heavy atom. The second kappa shape index (κ2) is 4.13. The topological polar surface area (TPSA) is 43.1 Å². The van der Waals surface area contributed by atoms with E-state index in [1.807, 2.05) is 13.0 Å². The van der Waals surface area contributed by atoms with Gasteiger partial charge < -0.3 is 10.5 Å². The normalized spacial score (nSPS) is 11.6. The number of hydrogen-bond acceptors (Lipinski definition) is 2. The van der Waals surface area contributed by atoms with Crippen LogP contribution in [-0.2, 0) is 4.79 Å². The number of rotatable bonds is 3. The van der Waals surface area contributed by atoms with Crippen molar-refractivity contribution in [2.75, 3.05) is 0 Å². The zero-order chi connectivity index (χ0) is 7.28. The van der Waals surface area contributed by atoms with E-state index < -0.39 is 0 Å². The van der Waals surface area contributed by atoms with Crippen molar-refractivity contribution in [3.63, 3.8) is 0 Å². The largest absolute Gasteiger partial charge is 0.403 e. The van der Waals surface area contributed by atoms with Gasteiger partial charge >= 0.3 is 0 Å². The molecule has 0 heterocycles. The zero-order valence-corrected chi connectivity index (χ0v) is 5.98. The van der Waals surface area contributed by atoms with E-state index >= 15 is 0 Å². The second-order valence-electron chi connectivity index (χ2n) is 2.19. The average Bonchev–Trinajstić information content (AvgIpc) is 1.63. The molecule has 2 N–H and O–H groups in total. The predicted octanol–water partition coefficient (Wildman–Crippen LogP) is 1.22. The molecule has 0 fully saturated rings. The smallest absolute Gasteiger partial charge is 0.130 e. The summed E-state index contributed by atoms with van der Waals surface area (Å²) in [5.74, 6) is 0.215. The minimum atomic E-state index is 0.215. The van der Waals surface area contributed by atoms with Crippen LogP contribution in [0, 0.1) is 0 Å². The zero-order valence-electron chi connectivity index (χ0n) is 5.98. The van der Waals surface area contributed by atoms with Gasteiger partial charge in [0.2, 0.25) is 0 Å². The molecule has 0 rings (SSSR count). The third-order valence-electron chi connectivity index (χ3n) is 0.963. The monoisotopic (exact) mass is 127 g/mol. The maximum atomic E-state index is 10.4. The molecule has 2 nitrogen and oxygen atoms in total. The molecule has 0 atom stereocenters. The van der Waals surface area contributed by atoms with Gasteiger partial charge in [0.1, 0.15) is 5.78 Å². The lowest BCUT2D eigenvalue weighted by Gasteiger charge is -1.89. The van der Waals surface area contributed by atoms with Crippen molar-refractivity contribution in [2.45, 2.75) is 26.7 Å². The van der Waals surface area contributed by atoms with Gasteiger partial charge in [-0.05, 0) is 20.3 Å². The van der Waals surface area contributed by atoms with Gasteiger partial charge in [-0.3, -0.25) is 0 Å². The highest BCUT2D eigenvalue weighted by Gasteiger charge is 1.88. The van der Waals surface area contributed by atoms with Crippen LogP contribution >= 0.6 is 0 Å². The SMILES string of the molecule is CC(=O)CCC=C(C)N.